The van der Waals surface area contributed by atoms with Crippen LogP contribution >= 0.6 is 0 Å². The van der Waals surface area contributed by atoms with Crippen LogP contribution < -0.4 is 0 Å². The van der Waals surface area contributed by atoms with E-state index in [2.05, 4.69) is 27.8 Å². The molecule has 0 aliphatic carbocycles. The molecule has 3 aromatic carbocycles. The highest BCUT2D eigenvalue weighted by Gasteiger charge is 2.21. The van der Waals surface area contributed by atoms with E-state index in [0.29, 0.717) is 17.7 Å². The molecule has 0 spiro atoms. The van der Waals surface area contributed by atoms with Crippen LogP contribution in [-0.4, -0.2) is 19.9 Å². The quantitative estimate of drug-likeness (QED) is 0.362. The molecule has 0 amide bonds. The molecule has 0 N–H and O–H groups in total. The Hall–Kier alpha value is -3.99. The molecule has 2 heterocycles. The van der Waals surface area contributed by atoms with E-state index in [1.165, 1.54) is 24.3 Å². The first-order valence-electron chi connectivity index (χ1n) is 10.0. The number of rotatable bonds is 5. The Morgan fingerprint density at radius 3 is 2.52 bits per heavy atom. The van der Waals surface area contributed by atoms with Gasteiger partial charge in [-0.05, 0) is 41.1 Å². The van der Waals surface area contributed by atoms with Crippen molar-refractivity contribution < 1.29 is 9.18 Å². The number of ketones is 1. The average molecular weight is 409 g/mol. The van der Waals surface area contributed by atoms with Gasteiger partial charge in [-0.3, -0.25) is 4.79 Å². The lowest BCUT2D eigenvalue weighted by Gasteiger charge is -2.13. The Bertz CT molecular complexity index is 1390. The molecule has 0 fully saturated rings. The minimum atomic E-state index is -0.362. The van der Waals surface area contributed by atoms with Crippen LogP contribution in [0.1, 0.15) is 21.6 Å². The molecule has 5 aromatic rings. The number of hydrogen-bond donors (Lipinski definition) is 0. The summed E-state index contributed by atoms with van der Waals surface area (Å²) in [5.74, 6) is -0.499. The monoisotopic (exact) mass is 409 g/mol. The highest BCUT2D eigenvalue weighted by Crippen LogP contribution is 2.33. The fraction of sp³-hybridized carbons (Fsp3) is 0.0769. The topological polar surface area (TPSA) is 39.8 Å². The average Bonchev–Trinajstić information content (AvgIpc) is 3.39. The van der Waals surface area contributed by atoms with Crippen molar-refractivity contribution in [3.05, 3.63) is 114 Å². The van der Waals surface area contributed by atoms with Crippen LogP contribution in [0, 0.1) is 5.82 Å². The number of benzene rings is 3. The van der Waals surface area contributed by atoms with Gasteiger partial charge in [-0.2, -0.15) is 0 Å². The van der Waals surface area contributed by atoms with Gasteiger partial charge in [0, 0.05) is 36.1 Å². The smallest absolute Gasteiger partial charge is 0.195 e. The van der Waals surface area contributed by atoms with E-state index >= 15 is 0 Å². The first-order chi connectivity index (χ1) is 15.1. The SMILES string of the molecule is Cn1cnc(Cn2ccc(C(=O)c3ccc(F)cc3)c2-c2cccc3ccccc23)c1. The third-order valence-electron chi connectivity index (χ3n) is 5.45. The van der Waals surface area contributed by atoms with Crippen molar-refractivity contribution in [2.75, 3.05) is 0 Å². The summed E-state index contributed by atoms with van der Waals surface area (Å²) in [4.78, 5) is 17.8. The highest BCUT2D eigenvalue weighted by atomic mass is 19.1. The Labute approximate surface area is 179 Å². The number of imidazole rings is 1. The van der Waals surface area contributed by atoms with Crippen LogP contribution in [0.4, 0.5) is 4.39 Å². The largest absolute Gasteiger partial charge is 0.341 e. The summed E-state index contributed by atoms with van der Waals surface area (Å²) >= 11 is 0. The zero-order chi connectivity index (χ0) is 21.4. The van der Waals surface area contributed by atoms with Crippen LogP contribution in [0.2, 0.25) is 0 Å². The van der Waals surface area contributed by atoms with Crippen molar-refractivity contribution in [3.63, 3.8) is 0 Å². The fourth-order valence-corrected chi connectivity index (χ4v) is 4.00. The van der Waals surface area contributed by atoms with Gasteiger partial charge in [-0.1, -0.05) is 42.5 Å². The maximum absolute atomic E-state index is 13.4. The van der Waals surface area contributed by atoms with E-state index in [1.807, 2.05) is 54.3 Å². The predicted molar refractivity (Wildman–Crippen MR) is 120 cm³/mol. The first kappa shape index (κ1) is 19.0. The number of aryl methyl sites for hydroxylation is 1. The molecule has 0 radical (unpaired) electrons. The Kier molecular flexibility index (Phi) is 4.71. The third-order valence-corrected chi connectivity index (χ3v) is 5.45. The number of carbonyl (C=O) groups excluding carboxylic acids is 1. The summed E-state index contributed by atoms with van der Waals surface area (Å²) < 4.78 is 17.4. The molecule has 152 valence electrons. The Morgan fingerprint density at radius 2 is 1.74 bits per heavy atom. The second-order valence-electron chi connectivity index (χ2n) is 7.60. The Balaban J connectivity index is 1.70. The fourth-order valence-electron chi connectivity index (χ4n) is 4.00. The van der Waals surface area contributed by atoms with Crippen LogP contribution in [0.5, 0.6) is 0 Å². The lowest BCUT2D eigenvalue weighted by molar-refractivity contribution is 0.103. The molecule has 0 saturated heterocycles. The van der Waals surface area contributed by atoms with E-state index in [4.69, 9.17) is 0 Å². The summed E-state index contributed by atoms with van der Waals surface area (Å²) in [5.41, 5.74) is 3.75. The molecule has 0 saturated carbocycles. The molecule has 0 unspecified atom stereocenters. The second-order valence-corrected chi connectivity index (χ2v) is 7.60. The standard InChI is InChI=1S/C26H20FN3O/c1-29-15-21(28-17-29)16-30-14-13-24(26(31)19-9-11-20(27)12-10-19)25(30)23-8-4-6-18-5-2-3-7-22(18)23/h2-15,17H,16H2,1H3. The summed E-state index contributed by atoms with van der Waals surface area (Å²) in [6.45, 7) is 0.538. The molecular weight excluding hydrogens is 389 g/mol. The lowest BCUT2D eigenvalue weighted by Crippen LogP contribution is -2.07. The zero-order valence-corrected chi connectivity index (χ0v) is 17.0. The van der Waals surface area contributed by atoms with Crippen molar-refractivity contribution in [2.24, 2.45) is 7.05 Å². The summed E-state index contributed by atoms with van der Waals surface area (Å²) in [5, 5.41) is 2.17. The first-order valence-corrected chi connectivity index (χ1v) is 10.0. The molecule has 5 rings (SSSR count). The second kappa shape index (κ2) is 7.69. The molecule has 0 aliphatic heterocycles. The van der Waals surface area contributed by atoms with E-state index in [0.717, 1.165) is 27.7 Å². The summed E-state index contributed by atoms with van der Waals surface area (Å²) in [6.07, 6.45) is 5.65. The van der Waals surface area contributed by atoms with Crippen molar-refractivity contribution in [1.29, 1.82) is 0 Å². The van der Waals surface area contributed by atoms with Gasteiger partial charge < -0.3 is 9.13 Å². The number of carbonyl (C=O) groups is 1. The molecule has 31 heavy (non-hydrogen) atoms. The number of fused-ring (bicyclic) bond motifs is 1. The van der Waals surface area contributed by atoms with Gasteiger partial charge in [-0.15, -0.1) is 0 Å². The van der Waals surface area contributed by atoms with E-state index in [1.54, 1.807) is 6.33 Å². The molecule has 0 bridgehead atoms. The maximum atomic E-state index is 13.4. The van der Waals surface area contributed by atoms with Crippen LogP contribution in [0.3, 0.4) is 0 Å². The van der Waals surface area contributed by atoms with Crippen LogP contribution in [0.25, 0.3) is 22.0 Å². The molecule has 0 atom stereocenters. The van der Waals surface area contributed by atoms with E-state index in [-0.39, 0.29) is 11.6 Å². The number of nitrogens with zero attached hydrogens (tertiary/aromatic N) is 3. The number of halogens is 1. The van der Waals surface area contributed by atoms with Gasteiger partial charge in [0.05, 0.1) is 24.3 Å². The number of hydrogen-bond acceptors (Lipinski definition) is 2. The molecule has 5 heteroatoms. The van der Waals surface area contributed by atoms with Gasteiger partial charge >= 0.3 is 0 Å². The molecule has 4 nitrogen and oxygen atoms in total. The summed E-state index contributed by atoms with van der Waals surface area (Å²) in [6, 6.07) is 21.8. The normalized spacial score (nSPS) is 11.2. The maximum Gasteiger partial charge on any atom is 0.195 e. The van der Waals surface area contributed by atoms with E-state index < -0.39 is 0 Å². The van der Waals surface area contributed by atoms with Crippen molar-refractivity contribution in [3.8, 4) is 11.3 Å². The van der Waals surface area contributed by atoms with E-state index in [9.17, 15) is 9.18 Å². The van der Waals surface area contributed by atoms with Gasteiger partial charge in [0.15, 0.2) is 5.78 Å². The van der Waals surface area contributed by atoms with Crippen LogP contribution in [-0.2, 0) is 13.6 Å². The number of aromatic nitrogens is 3. The minimum Gasteiger partial charge on any atom is -0.341 e. The van der Waals surface area contributed by atoms with Crippen molar-refractivity contribution in [2.45, 2.75) is 6.54 Å². The minimum absolute atomic E-state index is 0.136. The van der Waals surface area contributed by atoms with Crippen molar-refractivity contribution in [1.82, 2.24) is 14.1 Å². The predicted octanol–water partition coefficient (Wildman–Crippen LogP) is 5.46. The zero-order valence-electron chi connectivity index (χ0n) is 17.0. The van der Waals surface area contributed by atoms with Gasteiger partial charge in [0.1, 0.15) is 5.82 Å². The summed E-state index contributed by atoms with van der Waals surface area (Å²) in [7, 11) is 1.93. The third kappa shape index (κ3) is 3.55. The van der Waals surface area contributed by atoms with Crippen molar-refractivity contribution >= 4 is 16.6 Å². The van der Waals surface area contributed by atoms with Crippen LogP contribution in [0.15, 0.2) is 91.5 Å². The molecular formula is C26H20FN3O. The molecule has 2 aromatic heterocycles. The highest BCUT2D eigenvalue weighted by molar-refractivity contribution is 6.14. The van der Waals surface area contributed by atoms with Gasteiger partial charge in [-0.25, -0.2) is 9.37 Å². The van der Waals surface area contributed by atoms with Gasteiger partial charge in [0.25, 0.3) is 0 Å². The Morgan fingerprint density at radius 1 is 0.968 bits per heavy atom. The lowest BCUT2D eigenvalue weighted by atomic mass is 9.96. The van der Waals surface area contributed by atoms with Gasteiger partial charge in [0.2, 0.25) is 0 Å². The molecule has 0 aliphatic rings.